The van der Waals surface area contributed by atoms with Crippen LogP contribution < -0.4 is 5.73 Å². The van der Waals surface area contributed by atoms with E-state index in [1.54, 1.807) is 12.4 Å². The molecule has 0 amide bonds. The first-order valence-corrected chi connectivity index (χ1v) is 6.54. The van der Waals surface area contributed by atoms with Gasteiger partial charge in [0.1, 0.15) is 5.82 Å². The van der Waals surface area contributed by atoms with E-state index in [-0.39, 0.29) is 0 Å². The van der Waals surface area contributed by atoms with Gasteiger partial charge in [-0.2, -0.15) is 0 Å². The topological polar surface area (TPSA) is 67.6 Å². The number of nitrogens with one attached hydrogen (secondary N) is 1. The monoisotopic (exact) mass is 314 g/mol. The van der Waals surface area contributed by atoms with Crippen LogP contribution in [-0.4, -0.2) is 15.0 Å². The summed E-state index contributed by atoms with van der Waals surface area (Å²) in [5.74, 6) is 0.503. The average Bonchev–Trinajstić information content (AvgIpc) is 2.92. The lowest BCUT2D eigenvalue weighted by Crippen LogP contribution is -1.94. The zero-order valence-electron chi connectivity index (χ0n) is 9.97. The van der Waals surface area contributed by atoms with E-state index in [9.17, 15) is 0 Å². The fourth-order valence-electron chi connectivity index (χ4n) is 1.91. The van der Waals surface area contributed by atoms with Gasteiger partial charge in [0.15, 0.2) is 0 Å². The summed E-state index contributed by atoms with van der Waals surface area (Å²) in [5.41, 5.74) is 9.76. The molecule has 0 fully saturated rings. The largest absolute Gasteiger partial charge is 0.383 e. The number of halogens is 1. The minimum absolute atomic E-state index is 0.503. The summed E-state index contributed by atoms with van der Waals surface area (Å²) < 4.78 is 0.897. The Bertz CT molecular complexity index is 706. The second kappa shape index (κ2) is 4.85. The van der Waals surface area contributed by atoms with Crippen molar-refractivity contribution in [3.8, 4) is 22.5 Å². The summed E-state index contributed by atoms with van der Waals surface area (Å²) >= 11 is 3.40. The Hall–Kier alpha value is -2.14. The van der Waals surface area contributed by atoms with Crippen molar-refractivity contribution in [3.63, 3.8) is 0 Å². The predicted molar refractivity (Wildman–Crippen MR) is 79.4 cm³/mol. The maximum Gasteiger partial charge on any atom is 0.132 e. The van der Waals surface area contributed by atoms with Crippen LogP contribution in [0.4, 0.5) is 5.82 Å². The minimum atomic E-state index is 0.503. The van der Waals surface area contributed by atoms with E-state index in [2.05, 4.69) is 30.9 Å². The summed E-state index contributed by atoms with van der Waals surface area (Å²) in [6.45, 7) is 0. The summed E-state index contributed by atoms with van der Waals surface area (Å²) in [6, 6.07) is 9.85. The fraction of sp³-hybridized carbons (Fsp3) is 0. The number of hydrogen-bond acceptors (Lipinski definition) is 3. The van der Waals surface area contributed by atoms with Crippen molar-refractivity contribution in [3.05, 3.63) is 53.4 Å². The maximum absolute atomic E-state index is 5.91. The fourth-order valence-corrected chi connectivity index (χ4v) is 2.24. The van der Waals surface area contributed by atoms with Crippen LogP contribution in [0.2, 0.25) is 0 Å². The van der Waals surface area contributed by atoms with Crippen molar-refractivity contribution in [1.29, 1.82) is 0 Å². The molecule has 0 aliphatic rings. The lowest BCUT2D eigenvalue weighted by molar-refractivity contribution is 1.29. The van der Waals surface area contributed by atoms with Gasteiger partial charge in [-0.05, 0) is 46.3 Å². The molecular formula is C14H11BrN4. The van der Waals surface area contributed by atoms with E-state index in [1.807, 2.05) is 36.5 Å². The lowest BCUT2D eigenvalue weighted by atomic mass is 10.2. The van der Waals surface area contributed by atoms with Gasteiger partial charge in [-0.25, -0.2) is 4.98 Å². The van der Waals surface area contributed by atoms with Gasteiger partial charge in [0.25, 0.3) is 0 Å². The van der Waals surface area contributed by atoms with Crippen LogP contribution in [0.1, 0.15) is 0 Å². The van der Waals surface area contributed by atoms with Gasteiger partial charge < -0.3 is 10.7 Å². The van der Waals surface area contributed by atoms with Crippen molar-refractivity contribution in [2.24, 2.45) is 0 Å². The zero-order chi connectivity index (χ0) is 13.2. The number of nitrogen functional groups attached to an aromatic ring is 1. The van der Waals surface area contributed by atoms with Gasteiger partial charge in [0, 0.05) is 45.6 Å². The van der Waals surface area contributed by atoms with Crippen LogP contribution in [0.15, 0.2) is 53.4 Å². The third-order valence-electron chi connectivity index (χ3n) is 2.83. The second-order valence-corrected chi connectivity index (χ2v) is 5.03. The molecular weight excluding hydrogens is 304 g/mol. The van der Waals surface area contributed by atoms with Gasteiger partial charge in [-0.3, -0.25) is 4.98 Å². The molecule has 19 heavy (non-hydrogen) atoms. The smallest absolute Gasteiger partial charge is 0.132 e. The first-order valence-electron chi connectivity index (χ1n) is 5.75. The summed E-state index contributed by atoms with van der Waals surface area (Å²) in [4.78, 5) is 11.6. The van der Waals surface area contributed by atoms with Gasteiger partial charge in [-0.15, -0.1) is 0 Å². The van der Waals surface area contributed by atoms with E-state index < -0.39 is 0 Å². The number of nitrogens with zero attached hydrogens (tertiary/aromatic N) is 2. The van der Waals surface area contributed by atoms with Gasteiger partial charge >= 0.3 is 0 Å². The number of aromatic nitrogens is 3. The Morgan fingerprint density at radius 3 is 2.74 bits per heavy atom. The van der Waals surface area contributed by atoms with Crippen LogP contribution in [-0.2, 0) is 0 Å². The van der Waals surface area contributed by atoms with E-state index in [4.69, 9.17) is 5.73 Å². The molecule has 0 aliphatic carbocycles. The molecule has 3 heterocycles. The summed E-state index contributed by atoms with van der Waals surface area (Å²) in [5, 5.41) is 0. The molecule has 0 radical (unpaired) electrons. The highest BCUT2D eigenvalue weighted by atomic mass is 79.9. The highest BCUT2D eigenvalue weighted by molar-refractivity contribution is 9.10. The third kappa shape index (κ3) is 2.37. The van der Waals surface area contributed by atoms with Gasteiger partial charge in [0.05, 0.1) is 0 Å². The Balaban J connectivity index is 2.04. The zero-order valence-corrected chi connectivity index (χ0v) is 11.6. The normalized spacial score (nSPS) is 10.6. The molecule has 0 bridgehead atoms. The molecule has 0 aliphatic heterocycles. The molecule has 3 N–H and O–H groups in total. The summed E-state index contributed by atoms with van der Waals surface area (Å²) in [6.07, 6.45) is 5.26. The Kier molecular flexibility index (Phi) is 3.05. The van der Waals surface area contributed by atoms with Crippen LogP contribution in [0.5, 0.6) is 0 Å². The van der Waals surface area contributed by atoms with Crippen LogP contribution in [0.3, 0.4) is 0 Å². The molecule has 0 saturated carbocycles. The number of pyridine rings is 2. The molecule has 4 nitrogen and oxygen atoms in total. The van der Waals surface area contributed by atoms with E-state index in [0.29, 0.717) is 5.82 Å². The average molecular weight is 315 g/mol. The Morgan fingerprint density at radius 2 is 1.95 bits per heavy atom. The predicted octanol–water partition coefficient (Wildman–Crippen LogP) is 3.48. The molecule has 0 unspecified atom stereocenters. The molecule has 0 spiro atoms. The van der Waals surface area contributed by atoms with Crippen molar-refractivity contribution in [1.82, 2.24) is 15.0 Å². The molecule has 94 valence electrons. The molecule has 0 aromatic carbocycles. The van der Waals surface area contributed by atoms with E-state index in [1.165, 1.54) is 0 Å². The lowest BCUT2D eigenvalue weighted by Gasteiger charge is -2.03. The van der Waals surface area contributed by atoms with Crippen LogP contribution >= 0.6 is 15.9 Å². The van der Waals surface area contributed by atoms with E-state index >= 15 is 0 Å². The quantitative estimate of drug-likeness (QED) is 0.761. The van der Waals surface area contributed by atoms with Crippen LogP contribution in [0.25, 0.3) is 22.5 Å². The first kappa shape index (κ1) is 11.9. The van der Waals surface area contributed by atoms with E-state index in [0.717, 1.165) is 27.0 Å². The van der Waals surface area contributed by atoms with Crippen molar-refractivity contribution < 1.29 is 0 Å². The minimum Gasteiger partial charge on any atom is -0.383 e. The van der Waals surface area contributed by atoms with Gasteiger partial charge in [0.2, 0.25) is 0 Å². The molecule has 3 aromatic heterocycles. The Labute approximate surface area is 118 Å². The molecule has 0 atom stereocenters. The second-order valence-electron chi connectivity index (χ2n) is 4.11. The number of anilines is 1. The third-order valence-corrected chi connectivity index (χ3v) is 3.27. The molecule has 3 aromatic rings. The molecule has 0 saturated heterocycles. The number of nitrogens with two attached hydrogens (primary N) is 1. The van der Waals surface area contributed by atoms with Crippen molar-refractivity contribution >= 4 is 21.7 Å². The van der Waals surface area contributed by atoms with Crippen LogP contribution in [0, 0.1) is 0 Å². The molecule has 3 rings (SSSR count). The molecule has 5 heteroatoms. The number of rotatable bonds is 2. The van der Waals surface area contributed by atoms with Crippen molar-refractivity contribution in [2.45, 2.75) is 0 Å². The highest BCUT2D eigenvalue weighted by Gasteiger charge is 2.08. The highest BCUT2D eigenvalue weighted by Crippen LogP contribution is 2.28. The SMILES string of the molecule is Nc1ncc(Br)cc1-c1ccc(-c2cccnc2)[nH]1. The van der Waals surface area contributed by atoms with Crippen molar-refractivity contribution in [2.75, 3.05) is 5.73 Å². The maximum atomic E-state index is 5.91. The number of aromatic amines is 1. The number of hydrogen-bond donors (Lipinski definition) is 2. The summed E-state index contributed by atoms with van der Waals surface area (Å²) in [7, 11) is 0. The number of H-pyrrole nitrogens is 1. The Morgan fingerprint density at radius 1 is 1.11 bits per heavy atom. The van der Waals surface area contributed by atoms with Gasteiger partial charge in [-0.1, -0.05) is 0 Å². The first-order chi connectivity index (χ1) is 9.24. The standard InChI is InChI=1S/C14H11BrN4/c15-10-6-11(14(16)18-8-10)13-4-3-12(19-13)9-2-1-5-17-7-9/h1-8,19H,(H2,16,18).